The Morgan fingerprint density at radius 2 is 1.95 bits per heavy atom. The second-order valence-electron chi connectivity index (χ2n) is 4.76. The number of amides is 1. The minimum absolute atomic E-state index is 0.155. The van der Waals surface area contributed by atoms with Crippen LogP contribution in [0.15, 0.2) is 39.4 Å². The highest BCUT2D eigenvalue weighted by Crippen LogP contribution is 2.19. The Morgan fingerprint density at radius 1 is 1.18 bits per heavy atom. The number of fused-ring (bicyclic) bond motifs is 1. The van der Waals surface area contributed by atoms with Crippen LogP contribution in [0.1, 0.15) is 10.4 Å². The molecule has 0 atom stereocenters. The fourth-order valence-corrected chi connectivity index (χ4v) is 2.75. The number of anilines is 1. The van der Waals surface area contributed by atoms with Gasteiger partial charge in [-0.15, -0.1) is 11.3 Å². The van der Waals surface area contributed by atoms with Gasteiger partial charge in [-0.3, -0.25) is 18.7 Å². The maximum absolute atomic E-state index is 12.3. The predicted octanol–water partition coefficient (Wildman–Crippen LogP) is 0.946. The Balaban J connectivity index is 1.97. The first kappa shape index (κ1) is 14.2. The molecule has 2 heterocycles. The molecule has 3 rings (SSSR count). The Labute approximate surface area is 128 Å². The van der Waals surface area contributed by atoms with Gasteiger partial charge >= 0.3 is 5.69 Å². The zero-order valence-electron chi connectivity index (χ0n) is 11.9. The van der Waals surface area contributed by atoms with E-state index in [1.54, 1.807) is 23.7 Å². The van der Waals surface area contributed by atoms with Crippen molar-refractivity contribution in [2.24, 2.45) is 14.1 Å². The van der Waals surface area contributed by atoms with Crippen molar-refractivity contribution < 1.29 is 4.79 Å². The molecule has 1 aromatic carbocycles. The lowest BCUT2D eigenvalue weighted by Gasteiger charge is -2.10. The molecule has 0 saturated carbocycles. The number of hydrogen-bond acceptors (Lipinski definition) is 5. The van der Waals surface area contributed by atoms with Crippen LogP contribution in [0.3, 0.4) is 0 Å². The topological polar surface area (TPSA) is 86.0 Å². The number of nitrogens with zero attached hydrogens (tertiary/aromatic N) is 3. The van der Waals surface area contributed by atoms with Crippen molar-refractivity contribution >= 4 is 33.3 Å². The van der Waals surface area contributed by atoms with Gasteiger partial charge in [-0.05, 0) is 18.2 Å². The molecule has 22 heavy (non-hydrogen) atoms. The van der Waals surface area contributed by atoms with Crippen LogP contribution in [0.4, 0.5) is 5.82 Å². The Kier molecular flexibility index (Phi) is 3.38. The molecular formula is C14H12N4O3S. The first-order valence-corrected chi connectivity index (χ1v) is 7.27. The summed E-state index contributed by atoms with van der Waals surface area (Å²) in [5.74, 6) is -0.235. The van der Waals surface area contributed by atoms with Gasteiger partial charge < -0.3 is 5.32 Å². The molecule has 0 radical (unpaired) electrons. The standard InChI is InChI=1S/C14H12N4O3S/c1-17-11(6-12(19)18(2)14(17)21)16-13(20)8-3-4-9-10(5-8)22-7-15-9/h3-7H,1-2H3,(H,16,20). The number of nitrogens with one attached hydrogen (secondary N) is 1. The highest BCUT2D eigenvalue weighted by Gasteiger charge is 2.12. The van der Waals surface area contributed by atoms with Crippen molar-refractivity contribution in [3.8, 4) is 0 Å². The fraction of sp³-hybridized carbons (Fsp3) is 0.143. The highest BCUT2D eigenvalue weighted by atomic mass is 32.1. The molecule has 8 heteroatoms. The summed E-state index contributed by atoms with van der Waals surface area (Å²) < 4.78 is 3.08. The largest absolute Gasteiger partial charge is 0.332 e. The van der Waals surface area contributed by atoms with Gasteiger partial charge in [0, 0.05) is 25.7 Å². The van der Waals surface area contributed by atoms with Crippen LogP contribution in [0.25, 0.3) is 10.2 Å². The Hall–Kier alpha value is -2.74. The number of aromatic nitrogens is 3. The second kappa shape index (κ2) is 5.23. The first-order valence-electron chi connectivity index (χ1n) is 6.39. The molecule has 112 valence electrons. The van der Waals surface area contributed by atoms with E-state index in [1.165, 1.54) is 36.1 Å². The summed E-state index contributed by atoms with van der Waals surface area (Å²) in [5.41, 5.74) is 1.99. The van der Waals surface area contributed by atoms with Gasteiger partial charge in [-0.2, -0.15) is 0 Å². The van der Waals surface area contributed by atoms with Crippen LogP contribution < -0.4 is 16.6 Å². The number of carbonyl (C=O) groups is 1. The average Bonchev–Trinajstić information content (AvgIpc) is 2.97. The number of rotatable bonds is 2. The third kappa shape index (κ3) is 2.33. The summed E-state index contributed by atoms with van der Waals surface area (Å²) >= 11 is 1.44. The molecular weight excluding hydrogens is 304 g/mol. The van der Waals surface area contributed by atoms with E-state index in [1.807, 2.05) is 0 Å². The van der Waals surface area contributed by atoms with E-state index in [9.17, 15) is 14.4 Å². The van der Waals surface area contributed by atoms with Crippen LogP contribution in [-0.2, 0) is 14.1 Å². The van der Waals surface area contributed by atoms with E-state index >= 15 is 0 Å². The van der Waals surface area contributed by atoms with E-state index < -0.39 is 17.2 Å². The van der Waals surface area contributed by atoms with Gasteiger partial charge in [0.2, 0.25) is 0 Å². The minimum Gasteiger partial charge on any atom is -0.308 e. The van der Waals surface area contributed by atoms with Gasteiger partial charge in [-0.25, -0.2) is 9.78 Å². The van der Waals surface area contributed by atoms with Gasteiger partial charge in [-0.1, -0.05) is 0 Å². The van der Waals surface area contributed by atoms with Gasteiger partial charge in [0.05, 0.1) is 15.7 Å². The maximum Gasteiger partial charge on any atom is 0.332 e. The van der Waals surface area contributed by atoms with E-state index in [4.69, 9.17) is 0 Å². The van der Waals surface area contributed by atoms with Gasteiger partial charge in [0.1, 0.15) is 5.82 Å². The van der Waals surface area contributed by atoms with E-state index in [0.29, 0.717) is 5.56 Å². The quantitative estimate of drug-likeness (QED) is 0.762. The van der Waals surface area contributed by atoms with E-state index in [2.05, 4.69) is 10.3 Å². The summed E-state index contributed by atoms with van der Waals surface area (Å²) in [6, 6.07) is 6.34. The van der Waals surface area contributed by atoms with E-state index in [-0.39, 0.29) is 5.82 Å². The number of carbonyl (C=O) groups excluding carboxylic acids is 1. The van der Waals surface area contributed by atoms with Crippen LogP contribution in [0, 0.1) is 0 Å². The summed E-state index contributed by atoms with van der Waals surface area (Å²) in [4.78, 5) is 39.9. The molecule has 2 aromatic heterocycles. The van der Waals surface area contributed by atoms with Gasteiger partial charge in [0.15, 0.2) is 0 Å². The van der Waals surface area contributed by atoms with Crippen LogP contribution in [-0.4, -0.2) is 20.0 Å². The monoisotopic (exact) mass is 316 g/mol. The number of hydrogen-bond donors (Lipinski definition) is 1. The first-order chi connectivity index (χ1) is 10.5. The molecule has 0 unspecified atom stereocenters. The summed E-state index contributed by atoms with van der Waals surface area (Å²) in [6.45, 7) is 0. The van der Waals surface area contributed by atoms with Crippen molar-refractivity contribution in [2.45, 2.75) is 0 Å². The third-order valence-corrected chi connectivity index (χ3v) is 4.15. The molecule has 1 N–H and O–H groups in total. The molecule has 0 aliphatic rings. The highest BCUT2D eigenvalue weighted by molar-refractivity contribution is 7.16. The van der Waals surface area contributed by atoms with Crippen molar-refractivity contribution in [1.29, 1.82) is 0 Å². The predicted molar refractivity (Wildman–Crippen MR) is 84.5 cm³/mol. The lowest BCUT2D eigenvalue weighted by Crippen LogP contribution is -2.38. The van der Waals surface area contributed by atoms with Gasteiger partial charge in [0.25, 0.3) is 11.5 Å². The molecule has 0 aliphatic heterocycles. The molecule has 0 fully saturated rings. The fourth-order valence-electron chi connectivity index (χ4n) is 2.04. The Morgan fingerprint density at radius 3 is 2.73 bits per heavy atom. The molecule has 0 aliphatic carbocycles. The SMILES string of the molecule is Cn1c(NC(=O)c2ccc3ncsc3c2)cc(=O)n(C)c1=O. The summed E-state index contributed by atoms with van der Waals surface area (Å²) in [7, 11) is 2.87. The minimum atomic E-state index is -0.499. The van der Waals surface area contributed by atoms with Crippen molar-refractivity contribution in [3.05, 3.63) is 56.2 Å². The summed E-state index contributed by atoms with van der Waals surface area (Å²) in [5, 5.41) is 2.59. The molecule has 7 nitrogen and oxygen atoms in total. The zero-order valence-corrected chi connectivity index (χ0v) is 12.7. The maximum atomic E-state index is 12.3. The van der Waals surface area contributed by atoms with Crippen LogP contribution >= 0.6 is 11.3 Å². The van der Waals surface area contributed by atoms with Crippen molar-refractivity contribution in [3.63, 3.8) is 0 Å². The normalized spacial score (nSPS) is 10.8. The lowest BCUT2D eigenvalue weighted by molar-refractivity contribution is 0.102. The van der Waals surface area contributed by atoms with Crippen LogP contribution in [0.2, 0.25) is 0 Å². The second-order valence-corrected chi connectivity index (χ2v) is 5.64. The van der Waals surface area contributed by atoms with Crippen molar-refractivity contribution in [2.75, 3.05) is 5.32 Å². The van der Waals surface area contributed by atoms with Crippen LogP contribution in [0.5, 0.6) is 0 Å². The summed E-state index contributed by atoms with van der Waals surface area (Å²) in [6.07, 6.45) is 0. The molecule has 0 saturated heterocycles. The molecule has 0 spiro atoms. The third-order valence-electron chi connectivity index (χ3n) is 3.36. The zero-order chi connectivity index (χ0) is 15.9. The Bertz CT molecular complexity index is 999. The lowest BCUT2D eigenvalue weighted by atomic mass is 10.2. The number of benzene rings is 1. The van der Waals surface area contributed by atoms with Crippen molar-refractivity contribution in [1.82, 2.24) is 14.1 Å². The van der Waals surface area contributed by atoms with E-state index in [0.717, 1.165) is 14.8 Å². The number of thiazole rings is 1. The molecule has 1 amide bonds. The smallest absolute Gasteiger partial charge is 0.308 e. The molecule has 3 aromatic rings. The molecule has 0 bridgehead atoms. The average molecular weight is 316 g/mol.